The van der Waals surface area contributed by atoms with Gasteiger partial charge in [-0.05, 0) is 73.1 Å². The Bertz CT molecular complexity index is 1400. The van der Waals surface area contributed by atoms with E-state index in [1.165, 1.54) is 17.3 Å². The number of aromatic nitrogens is 1. The highest BCUT2D eigenvalue weighted by molar-refractivity contribution is 7.89. The number of fused-ring (bicyclic) bond motifs is 4. The summed E-state index contributed by atoms with van der Waals surface area (Å²) >= 11 is 0. The molecule has 0 radical (unpaired) electrons. The number of hydrogen-bond acceptors (Lipinski definition) is 5. The van der Waals surface area contributed by atoms with Gasteiger partial charge in [-0.25, -0.2) is 12.7 Å². The highest BCUT2D eigenvalue weighted by Crippen LogP contribution is 2.71. The second kappa shape index (κ2) is 9.25. The van der Waals surface area contributed by atoms with Crippen LogP contribution in [0, 0.1) is 16.7 Å². The molecule has 208 valence electrons. The van der Waals surface area contributed by atoms with Crippen LogP contribution in [0.2, 0.25) is 0 Å². The van der Waals surface area contributed by atoms with E-state index in [0.29, 0.717) is 37.9 Å². The van der Waals surface area contributed by atoms with Crippen molar-refractivity contribution in [2.24, 2.45) is 16.7 Å². The molecule has 4 aliphatic rings. The Kier molecular flexibility index (Phi) is 6.32. The van der Waals surface area contributed by atoms with E-state index in [0.717, 1.165) is 19.3 Å². The topological polar surface area (TPSA) is 99.6 Å². The largest absolute Gasteiger partial charge is 0.389 e. The number of piperidine rings is 1. The molecule has 7 nitrogen and oxygen atoms in total. The Labute approximate surface area is 231 Å². The lowest BCUT2D eigenvalue weighted by Crippen LogP contribution is -2.57. The zero-order valence-electron chi connectivity index (χ0n) is 22.9. The van der Waals surface area contributed by atoms with Gasteiger partial charge in [0, 0.05) is 42.9 Å². The summed E-state index contributed by atoms with van der Waals surface area (Å²) < 4.78 is 29.7. The number of nitrogens with one attached hydrogen (secondary N) is 1. The fourth-order valence-electron chi connectivity index (χ4n) is 8.44. The molecule has 1 amide bonds. The molecule has 2 saturated carbocycles. The first kappa shape index (κ1) is 26.7. The molecule has 1 aromatic heterocycles. The number of carbonyl (C=O) groups excluding carboxylic acids is 1. The van der Waals surface area contributed by atoms with Crippen LogP contribution in [0.3, 0.4) is 0 Å². The van der Waals surface area contributed by atoms with Crippen molar-refractivity contribution in [3.05, 3.63) is 71.6 Å². The van der Waals surface area contributed by atoms with Crippen LogP contribution >= 0.6 is 0 Å². The summed E-state index contributed by atoms with van der Waals surface area (Å²) in [5.74, 6) is -0.0206. The summed E-state index contributed by atoms with van der Waals surface area (Å²) in [6, 6.07) is 11.8. The third-order valence-corrected chi connectivity index (χ3v) is 12.9. The molecule has 3 fully saturated rings. The quantitative estimate of drug-likeness (QED) is 0.541. The lowest BCUT2D eigenvalue weighted by atomic mass is 9.63. The predicted molar refractivity (Wildman–Crippen MR) is 151 cm³/mol. The Morgan fingerprint density at radius 3 is 2.62 bits per heavy atom. The van der Waals surface area contributed by atoms with Crippen molar-refractivity contribution in [2.45, 2.75) is 63.4 Å². The number of sulfonamides is 1. The Hall–Kier alpha value is -2.55. The predicted octanol–water partition coefficient (Wildman–Crippen LogP) is 4.15. The van der Waals surface area contributed by atoms with E-state index in [-0.39, 0.29) is 35.0 Å². The van der Waals surface area contributed by atoms with E-state index in [1.54, 1.807) is 22.6 Å². The van der Waals surface area contributed by atoms with Crippen LogP contribution in [0.15, 0.2) is 54.9 Å². The Balaban J connectivity index is 1.17. The molecule has 2 heterocycles. The fraction of sp³-hybridized carbons (Fsp3) is 0.548. The van der Waals surface area contributed by atoms with Crippen molar-refractivity contribution >= 4 is 22.0 Å². The van der Waals surface area contributed by atoms with E-state index in [9.17, 15) is 18.3 Å². The third-order valence-electron chi connectivity index (χ3n) is 10.9. The summed E-state index contributed by atoms with van der Waals surface area (Å²) in [7, 11) is -3.61. The first-order valence-electron chi connectivity index (χ1n) is 14.2. The number of aliphatic hydroxyl groups is 1. The molecule has 2 aromatic rings. The molecule has 1 spiro atoms. The van der Waals surface area contributed by atoms with Gasteiger partial charge in [-0.2, -0.15) is 0 Å². The van der Waals surface area contributed by atoms with Crippen LogP contribution in [0.1, 0.15) is 73.9 Å². The van der Waals surface area contributed by atoms with Gasteiger partial charge in [0.05, 0.1) is 16.9 Å². The molecule has 6 rings (SSSR count). The average molecular weight is 550 g/mol. The maximum Gasteiger partial charge on any atom is 0.252 e. The normalized spacial score (nSPS) is 30.5. The van der Waals surface area contributed by atoms with Gasteiger partial charge < -0.3 is 10.4 Å². The van der Waals surface area contributed by atoms with Crippen LogP contribution in [0.25, 0.3) is 6.08 Å². The van der Waals surface area contributed by atoms with E-state index in [1.807, 2.05) is 6.07 Å². The molecule has 1 aromatic carbocycles. The van der Waals surface area contributed by atoms with E-state index < -0.39 is 21.0 Å². The molecule has 3 atom stereocenters. The number of pyridine rings is 1. The average Bonchev–Trinajstić information content (AvgIpc) is 3.45. The molecule has 2 N–H and O–H groups in total. The van der Waals surface area contributed by atoms with Crippen molar-refractivity contribution in [3.63, 3.8) is 0 Å². The second-order valence-corrected chi connectivity index (χ2v) is 14.7. The summed E-state index contributed by atoms with van der Waals surface area (Å²) in [5, 5.41) is 15.0. The van der Waals surface area contributed by atoms with Crippen molar-refractivity contribution in [1.29, 1.82) is 0 Å². The van der Waals surface area contributed by atoms with E-state index in [2.05, 4.69) is 54.5 Å². The molecule has 2 bridgehead atoms. The minimum atomic E-state index is -3.61. The van der Waals surface area contributed by atoms with Gasteiger partial charge in [-0.1, -0.05) is 50.3 Å². The molecule has 39 heavy (non-hydrogen) atoms. The maximum absolute atomic E-state index is 14.0. The van der Waals surface area contributed by atoms with Gasteiger partial charge in [0.2, 0.25) is 10.0 Å². The van der Waals surface area contributed by atoms with Crippen LogP contribution in [-0.2, 0) is 15.4 Å². The number of nitrogens with zero attached hydrogens (tertiary/aromatic N) is 2. The minimum absolute atomic E-state index is 0.0457. The number of allylic oxidation sites excluding steroid dienone is 1. The number of benzene rings is 1. The van der Waals surface area contributed by atoms with E-state index in [4.69, 9.17) is 0 Å². The maximum atomic E-state index is 14.0. The van der Waals surface area contributed by atoms with E-state index >= 15 is 0 Å². The lowest BCUT2D eigenvalue weighted by Gasteiger charge is -2.49. The van der Waals surface area contributed by atoms with Crippen LogP contribution in [-0.4, -0.2) is 59.7 Å². The number of rotatable bonds is 7. The molecule has 8 heteroatoms. The van der Waals surface area contributed by atoms with Gasteiger partial charge in [0.25, 0.3) is 5.91 Å². The van der Waals surface area contributed by atoms with Crippen molar-refractivity contribution < 1.29 is 18.3 Å². The Morgan fingerprint density at radius 1 is 1.13 bits per heavy atom. The van der Waals surface area contributed by atoms with Crippen LogP contribution in [0.5, 0.6) is 0 Å². The lowest BCUT2D eigenvalue weighted by molar-refractivity contribution is -0.0919. The van der Waals surface area contributed by atoms with Crippen molar-refractivity contribution in [2.75, 3.05) is 25.4 Å². The zero-order valence-corrected chi connectivity index (χ0v) is 23.7. The Morgan fingerprint density at radius 2 is 1.90 bits per heavy atom. The molecular weight excluding hydrogens is 510 g/mol. The van der Waals surface area contributed by atoms with Crippen LogP contribution < -0.4 is 5.32 Å². The number of carbonyl (C=O) groups is 1. The SMILES string of the molecule is CC1(C)[C@@H]2CC[C@@]1(CS(=O)(=O)N1CCC3(C=Cc4ccccc43)CC1)[C@@](O)(CCNC(=O)c1cccnc1)C2. The van der Waals surface area contributed by atoms with Crippen LogP contribution in [0.4, 0.5) is 0 Å². The minimum Gasteiger partial charge on any atom is -0.389 e. The third kappa shape index (κ3) is 4.09. The van der Waals surface area contributed by atoms with Gasteiger partial charge in [0.15, 0.2) is 0 Å². The van der Waals surface area contributed by atoms with Gasteiger partial charge in [-0.3, -0.25) is 9.78 Å². The summed E-state index contributed by atoms with van der Waals surface area (Å²) in [4.78, 5) is 16.6. The zero-order chi connectivity index (χ0) is 27.5. The highest BCUT2D eigenvalue weighted by Gasteiger charge is 2.71. The monoisotopic (exact) mass is 549 g/mol. The first-order chi connectivity index (χ1) is 18.5. The molecule has 1 saturated heterocycles. The van der Waals surface area contributed by atoms with Crippen molar-refractivity contribution in [1.82, 2.24) is 14.6 Å². The number of hydrogen-bond donors (Lipinski definition) is 2. The summed E-state index contributed by atoms with van der Waals surface area (Å²) in [6.07, 6.45) is 11.6. The fourth-order valence-corrected chi connectivity index (χ4v) is 10.8. The van der Waals surface area contributed by atoms with Gasteiger partial charge in [0.1, 0.15) is 0 Å². The summed E-state index contributed by atoms with van der Waals surface area (Å²) in [5.41, 5.74) is 0.705. The molecule has 1 aliphatic heterocycles. The molecule has 3 aliphatic carbocycles. The van der Waals surface area contributed by atoms with Crippen molar-refractivity contribution in [3.8, 4) is 0 Å². The van der Waals surface area contributed by atoms with Gasteiger partial charge >= 0.3 is 0 Å². The van der Waals surface area contributed by atoms with Gasteiger partial charge in [-0.15, -0.1) is 0 Å². The highest BCUT2D eigenvalue weighted by atomic mass is 32.2. The number of amides is 1. The summed E-state index contributed by atoms with van der Waals surface area (Å²) in [6.45, 7) is 5.53. The molecular formula is C31H39N3O4S. The second-order valence-electron chi connectivity index (χ2n) is 12.8. The smallest absolute Gasteiger partial charge is 0.252 e. The molecule has 0 unspecified atom stereocenters. The standard InChI is InChI=1S/C31H39N3O4S/c1-28(2)25-10-12-30(28,31(36,20-25)13-17-33-27(35)24-7-5-16-32-21-24)22-39(37,38)34-18-14-29(15-19-34)11-9-23-6-3-4-8-26(23)29/h3-9,11,16,21,25,36H,10,12-15,17-20,22H2,1-2H3,(H,33,35)/t25-,30+,31-/m1/s1. The first-order valence-corrected chi connectivity index (χ1v) is 15.8.